The van der Waals surface area contributed by atoms with Crippen LogP contribution in [-0.4, -0.2) is 6.43 Å². The van der Waals surface area contributed by atoms with Crippen molar-refractivity contribution in [3.63, 3.8) is 0 Å². The summed E-state index contributed by atoms with van der Waals surface area (Å²) in [5, 5.41) is 0. The molecule has 2 N–H and O–H groups in total. The van der Waals surface area contributed by atoms with Crippen molar-refractivity contribution in [1.29, 1.82) is 0 Å². The van der Waals surface area contributed by atoms with E-state index in [1.54, 1.807) is 0 Å². The highest BCUT2D eigenvalue weighted by Gasteiger charge is 2.14. The number of benzene rings is 1. The zero-order valence-corrected chi connectivity index (χ0v) is 8.41. The van der Waals surface area contributed by atoms with E-state index in [4.69, 9.17) is 5.73 Å². The Morgan fingerprint density at radius 3 is 1.93 bits per heavy atom. The third-order valence-electron chi connectivity index (χ3n) is 1.75. The van der Waals surface area contributed by atoms with Gasteiger partial charge in [0.2, 0.25) is 6.43 Å². The first-order valence-corrected chi connectivity index (χ1v) is 3.98. The Morgan fingerprint density at radius 1 is 1.07 bits per heavy atom. The lowest BCUT2D eigenvalue weighted by Gasteiger charge is -2.11. The first-order valence-electron chi connectivity index (χ1n) is 3.98. The predicted octanol–water partition coefficient (Wildman–Crippen LogP) is 3.04. The van der Waals surface area contributed by atoms with Gasteiger partial charge in [-0.15, -0.1) is 12.4 Å². The van der Waals surface area contributed by atoms with Crippen LogP contribution < -0.4 is 5.73 Å². The van der Waals surface area contributed by atoms with E-state index in [0.717, 1.165) is 12.1 Å². The molecule has 0 saturated carbocycles. The normalized spacial score (nSPS) is 12.4. The van der Waals surface area contributed by atoms with E-state index < -0.39 is 30.5 Å². The zero-order chi connectivity index (χ0) is 10.7. The van der Waals surface area contributed by atoms with E-state index >= 15 is 0 Å². The van der Waals surface area contributed by atoms with Gasteiger partial charge in [-0.3, -0.25) is 0 Å². The van der Waals surface area contributed by atoms with E-state index in [9.17, 15) is 17.6 Å². The van der Waals surface area contributed by atoms with Crippen LogP contribution >= 0.6 is 12.4 Å². The Balaban J connectivity index is 0.00000196. The summed E-state index contributed by atoms with van der Waals surface area (Å²) in [6.45, 7) is 0. The third-order valence-corrected chi connectivity index (χ3v) is 1.75. The van der Waals surface area contributed by atoms with Gasteiger partial charge >= 0.3 is 0 Å². The highest BCUT2D eigenvalue weighted by Crippen LogP contribution is 2.19. The van der Waals surface area contributed by atoms with Gasteiger partial charge in [-0.25, -0.2) is 17.6 Å². The smallest absolute Gasteiger partial charge is 0.240 e. The number of rotatable bonds is 3. The average Bonchev–Trinajstić information content (AvgIpc) is 2.00. The van der Waals surface area contributed by atoms with Gasteiger partial charge in [-0.1, -0.05) is 0 Å². The SMILES string of the molecule is Cl.N[C@H](CC(F)F)c1cc(F)cc(F)c1. The van der Waals surface area contributed by atoms with Crippen molar-refractivity contribution in [3.8, 4) is 0 Å². The van der Waals surface area contributed by atoms with E-state index in [-0.39, 0.29) is 18.0 Å². The number of halogens is 5. The van der Waals surface area contributed by atoms with Crippen LogP contribution in [0.3, 0.4) is 0 Å². The number of hydrogen-bond acceptors (Lipinski definition) is 1. The summed E-state index contributed by atoms with van der Waals surface area (Å²) in [7, 11) is 0. The molecule has 6 heteroatoms. The molecule has 0 aliphatic carbocycles. The Morgan fingerprint density at radius 2 is 1.53 bits per heavy atom. The van der Waals surface area contributed by atoms with Gasteiger partial charge in [0.25, 0.3) is 0 Å². The van der Waals surface area contributed by atoms with Crippen LogP contribution in [0.5, 0.6) is 0 Å². The van der Waals surface area contributed by atoms with Crippen molar-refractivity contribution in [2.45, 2.75) is 18.9 Å². The van der Waals surface area contributed by atoms with E-state index in [1.165, 1.54) is 0 Å². The second-order valence-electron chi connectivity index (χ2n) is 2.94. The fourth-order valence-electron chi connectivity index (χ4n) is 1.12. The molecule has 0 bridgehead atoms. The maximum atomic E-state index is 12.6. The average molecular weight is 244 g/mol. The van der Waals surface area contributed by atoms with Gasteiger partial charge in [0.05, 0.1) is 0 Å². The van der Waals surface area contributed by atoms with Gasteiger partial charge in [-0.05, 0) is 17.7 Å². The van der Waals surface area contributed by atoms with E-state index in [0.29, 0.717) is 6.07 Å². The van der Waals surface area contributed by atoms with Crippen molar-refractivity contribution in [1.82, 2.24) is 0 Å². The molecule has 86 valence electrons. The van der Waals surface area contributed by atoms with Crippen molar-refractivity contribution in [2.75, 3.05) is 0 Å². The molecule has 0 aromatic heterocycles. The van der Waals surface area contributed by atoms with Gasteiger partial charge in [0.15, 0.2) is 0 Å². The first kappa shape index (κ1) is 14.2. The standard InChI is InChI=1S/C9H9F4N.ClH/c10-6-1-5(2-7(11)3-6)8(14)4-9(12)13;/h1-3,8-9H,4,14H2;1H/t8-;/m1./s1. The Bertz CT molecular complexity index is 299. The van der Waals surface area contributed by atoms with E-state index in [2.05, 4.69) is 0 Å². The molecule has 0 aliphatic heterocycles. The molecule has 1 nitrogen and oxygen atoms in total. The van der Waals surface area contributed by atoms with Gasteiger partial charge in [0.1, 0.15) is 11.6 Å². The Hall–Kier alpha value is -0.810. The minimum Gasteiger partial charge on any atom is -0.324 e. The molecular formula is C9H10ClF4N. The molecule has 0 saturated heterocycles. The molecule has 15 heavy (non-hydrogen) atoms. The molecule has 1 rings (SSSR count). The van der Waals surface area contributed by atoms with Crippen LogP contribution in [0.4, 0.5) is 17.6 Å². The van der Waals surface area contributed by atoms with Crippen LogP contribution in [-0.2, 0) is 0 Å². The highest BCUT2D eigenvalue weighted by molar-refractivity contribution is 5.85. The molecule has 0 aliphatic rings. The molecule has 1 aromatic rings. The lowest BCUT2D eigenvalue weighted by molar-refractivity contribution is 0.128. The number of nitrogens with two attached hydrogens (primary N) is 1. The second kappa shape index (κ2) is 5.92. The van der Waals surface area contributed by atoms with Crippen LogP contribution in [0.2, 0.25) is 0 Å². The maximum absolute atomic E-state index is 12.6. The molecule has 1 aromatic carbocycles. The largest absolute Gasteiger partial charge is 0.324 e. The minimum absolute atomic E-state index is 0. The zero-order valence-electron chi connectivity index (χ0n) is 7.59. The summed E-state index contributed by atoms with van der Waals surface area (Å²) < 4.78 is 49.1. The molecule has 0 heterocycles. The van der Waals surface area contributed by atoms with Crippen LogP contribution in [0, 0.1) is 11.6 Å². The van der Waals surface area contributed by atoms with Gasteiger partial charge in [0, 0.05) is 18.5 Å². The summed E-state index contributed by atoms with van der Waals surface area (Å²) in [6, 6.07) is 1.53. The monoisotopic (exact) mass is 243 g/mol. The molecule has 0 amide bonds. The van der Waals surface area contributed by atoms with Gasteiger partial charge in [-0.2, -0.15) is 0 Å². The maximum Gasteiger partial charge on any atom is 0.240 e. The highest BCUT2D eigenvalue weighted by atomic mass is 35.5. The van der Waals surface area contributed by atoms with Crippen LogP contribution in [0.1, 0.15) is 18.0 Å². The van der Waals surface area contributed by atoms with Crippen molar-refractivity contribution in [2.24, 2.45) is 5.73 Å². The fraction of sp³-hybridized carbons (Fsp3) is 0.333. The quantitative estimate of drug-likeness (QED) is 0.812. The van der Waals surface area contributed by atoms with Crippen molar-refractivity contribution < 1.29 is 17.6 Å². The van der Waals surface area contributed by atoms with Gasteiger partial charge < -0.3 is 5.73 Å². The summed E-state index contributed by atoms with van der Waals surface area (Å²) in [5.74, 6) is -1.63. The fourth-order valence-corrected chi connectivity index (χ4v) is 1.12. The van der Waals surface area contributed by atoms with Crippen LogP contribution in [0.25, 0.3) is 0 Å². The predicted molar refractivity (Wildman–Crippen MR) is 51.2 cm³/mol. The molecule has 1 atom stereocenters. The first-order chi connectivity index (χ1) is 6.49. The molecular weight excluding hydrogens is 234 g/mol. The summed E-state index contributed by atoms with van der Waals surface area (Å²) >= 11 is 0. The summed E-state index contributed by atoms with van der Waals surface area (Å²) in [5.41, 5.74) is 5.36. The van der Waals surface area contributed by atoms with Crippen molar-refractivity contribution >= 4 is 12.4 Å². The van der Waals surface area contributed by atoms with E-state index in [1.807, 2.05) is 0 Å². The number of alkyl halides is 2. The minimum atomic E-state index is -2.59. The Labute approximate surface area is 90.7 Å². The lowest BCUT2D eigenvalue weighted by Crippen LogP contribution is -2.14. The third kappa shape index (κ3) is 4.48. The molecule has 0 radical (unpaired) electrons. The molecule has 0 spiro atoms. The molecule has 0 unspecified atom stereocenters. The topological polar surface area (TPSA) is 26.0 Å². The van der Waals surface area contributed by atoms with Crippen LogP contribution in [0.15, 0.2) is 18.2 Å². The second-order valence-corrected chi connectivity index (χ2v) is 2.94. The summed E-state index contributed by atoms with van der Waals surface area (Å²) in [4.78, 5) is 0. The lowest BCUT2D eigenvalue weighted by atomic mass is 10.0. The summed E-state index contributed by atoms with van der Waals surface area (Å²) in [6.07, 6.45) is -3.19. The Kier molecular flexibility index (Phi) is 5.60. The number of hydrogen-bond donors (Lipinski definition) is 1. The molecule has 0 fully saturated rings. The van der Waals surface area contributed by atoms with Crippen molar-refractivity contribution in [3.05, 3.63) is 35.4 Å².